The van der Waals surface area contributed by atoms with E-state index in [4.69, 9.17) is 23.2 Å². The third-order valence-electron chi connectivity index (χ3n) is 3.93. The Kier molecular flexibility index (Phi) is 4.79. The van der Waals surface area contributed by atoms with Crippen LogP contribution in [0.3, 0.4) is 0 Å². The van der Waals surface area contributed by atoms with E-state index in [1.807, 2.05) is 43.3 Å². The third-order valence-corrected chi connectivity index (χ3v) is 4.48. The summed E-state index contributed by atoms with van der Waals surface area (Å²) in [6, 6.07) is 17.0. The largest absolute Gasteiger partial charge is 0.338 e. The molecule has 0 aliphatic heterocycles. The first-order chi connectivity index (χ1) is 13.1. The quantitative estimate of drug-likeness (QED) is 0.435. The predicted octanol–water partition coefficient (Wildman–Crippen LogP) is 6.13. The van der Waals surface area contributed by atoms with Crippen LogP contribution in [0.15, 0.2) is 60.8 Å². The minimum Gasteiger partial charge on any atom is -0.338 e. The normalized spacial score (nSPS) is 10.8. The van der Waals surface area contributed by atoms with Crippen LogP contribution in [-0.2, 0) is 0 Å². The number of hydrogen-bond acceptors (Lipinski definition) is 5. The molecule has 0 fully saturated rings. The highest BCUT2D eigenvalue weighted by atomic mass is 35.5. The molecule has 2 aromatic carbocycles. The molecular formula is C20H15Cl2N5. The number of halogens is 2. The Labute approximate surface area is 166 Å². The van der Waals surface area contributed by atoms with Gasteiger partial charge in [-0.05, 0) is 37.3 Å². The van der Waals surface area contributed by atoms with Crippen LogP contribution in [-0.4, -0.2) is 15.0 Å². The molecule has 134 valence electrons. The van der Waals surface area contributed by atoms with E-state index in [-0.39, 0.29) is 0 Å². The standard InChI is InChI=1S/C20H15Cl2N5/c1-12-10-18(25-17-6-2-4-13-5-3-9-23-19(13)17)27-20(24-12)26-16-8-7-14(21)11-15(16)22/h2-11H,1H3,(H2,24,25,26,27). The van der Waals surface area contributed by atoms with Crippen molar-refractivity contribution in [3.63, 3.8) is 0 Å². The summed E-state index contributed by atoms with van der Waals surface area (Å²) in [6.45, 7) is 1.91. The smallest absolute Gasteiger partial charge is 0.229 e. The number of para-hydroxylation sites is 1. The van der Waals surface area contributed by atoms with Crippen LogP contribution in [0.1, 0.15) is 5.69 Å². The Hall–Kier alpha value is -2.89. The molecule has 2 N–H and O–H groups in total. The second-order valence-electron chi connectivity index (χ2n) is 5.97. The molecule has 0 atom stereocenters. The van der Waals surface area contributed by atoms with Gasteiger partial charge in [-0.15, -0.1) is 0 Å². The Morgan fingerprint density at radius 2 is 1.70 bits per heavy atom. The second kappa shape index (κ2) is 7.39. The zero-order chi connectivity index (χ0) is 18.8. The maximum atomic E-state index is 6.23. The van der Waals surface area contributed by atoms with E-state index in [0.29, 0.717) is 27.5 Å². The number of fused-ring (bicyclic) bond motifs is 1. The molecule has 2 heterocycles. The van der Waals surface area contributed by atoms with Crippen LogP contribution >= 0.6 is 23.2 Å². The minimum absolute atomic E-state index is 0.440. The summed E-state index contributed by atoms with van der Waals surface area (Å²) in [7, 11) is 0. The summed E-state index contributed by atoms with van der Waals surface area (Å²) in [5.74, 6) is 1.10. The van der Waals surface area contributed by atoms with Gasteiger partial charge in [0, 0.05) is 28.4 Å². The van der Waals surface area contributed by atoms with Crippen molar-refractivity contribution in [1.82, 2.24) is 15.0 Å². The van der Waals surface area contributed by atoms with Gasteiger partial charge in [-0.3, -0.25) is 4.98 Å². The first kappa shape index (κ1) is 17.5. The molecule has 0 spiro atoms. The summed E-state index contributed by atoms with van der Waals surface area (Å²) in [4.78, 5) is 13.4. The number of pyridine rings is 1. The molecule has 0 radical (unpaired) electrons. The van der Waals surface area contributed by atoms with Crippen molar-refractivity contribution in [3.8, 4) is 0 Å². The fourth-order valence-electron chi connectivity index (χ4n) is 2.74. The van der Waals surface area contributed by atoms with Crippen molar-refractivity contribution >= 4 is 57.2 Å². The van der Waals surface area contributed by atoms with Gasteiger partial charge in [0.05, 0.1) is 21.9 Å². The lowest BCUT2D eigenvalue weighted by Gasteiger charge is -2.12. The fraction of sp³-hybridized carbons (Fsp3) is 0.0500. The third kappa shape index (κ3) is 3.94. The van der Waals surface area contributed by atoms with E-state index in [2.05, 4.69) is 25.6 Å². The molecule has 0 unspecified atom stereocenters. The molecule has 7 heteroatoms. The van der Waals surface area contributed by atoms with Gasteiger partial charge in [-0.2, -0.15) is 4.98 Å². The van der Waals surface area contributed by atoms with Gasteiger partial charge in [0.15, 0.2) is 0 Å². The van der Waals surface area contributed by atoms with Crippen molar-refractivity contribution in [2.45, 2.75) is 6.92 Å². The van der Waals surface area contributed by atoms with Crippen LogP contribution in [0.25, 0.3) is 10.9 Å². The first-order valence-corrected chi connectivity index (χ1v) is 9.02. The molecule has 2 aromatic heterocycles. The average molecular weight is 396 g/mol. The zero-order valence-corrected chi connectivity index (χ0v) is 15.9. The van der Waals surface area contributed by atoms with Crippen LogP contribution < -0.4 is 10.6 Å². The van der Waals surface area contributed by atoms with E-state index in [9.17, 15) is 0 Å². The van der Waals surface area contributed by atoms with Gasteiger partial charge >= 0.3 is 0 Å². The molecule has 0 aliphatic rings. The molecule has 4 rings (SSSR count). The van der Waals surface area contributed by atoms with Crippen molar-refractivity contribution in [3.05, 3.63) is 76.5 Å². The highest BCUT2D eigenvalue weighted by Gasteiger charge is 2.08. The molecule has 5 nitrogen and oxygen atoms in total. The maximum absolute atomic E-state index is 6.23. The molecule has 4 aromatic rings. The molecule has 0 amide bonds. The monoisotopic (exact) mass is 395 g/mol. The molecular weight excluding hydrogens is 381 g/mol. The van der Waals surface area contributed by atoms with Crippen LogP contribution in [0.4, 0.5) is 23.1 Å². The number of aryl methyl sites for hydroxylation is 1. The van der Waals surface area contributed by atoms with Gasteiger partial charge in [-0.25, -0.2) is 4.98 Å². The van der Waals surface area contributed by atoms with E-state index < -0.39 is 0 Å². The number of benzene rings is 2. The summed E-state index contributed by atoms with van der Waals surface area (Å²) in [5.41, 5.74) is 3.26. The van der Waals surface area contributed by atoms with Crippen LogP contribution in [0.2, 0.25) is 10.0 Å². The Morgan fingerprint density at radius 1 is 0.852 bits per heavy atom. The van der Waals surface area contributed by atoms with Crippen molar-refractivity contribution in [2.75, 3.05) is 10.6 Å². The molecule has 0 saturated heterocycles. The first-order valence-electron chi connectivity index (χ1n) is 8.27. The molecule has 0 aliphatic carbocycles. The predicted molar refractivity (Wildman–Crippen MR) is 112 cm³/mol. The highest BCUT2D eigenvalue weighted by molar-refractivity contribution is 6.36. The van der Waals surface area contributed by atoms with Gasteiger partial charge in [0.2, 0.25) is 5.95 Å². The topological polar surface area (TPSA) is 62.7 Å². The number of rotatable bonds is 4. The van der Waals surface area contributed by atoms with E-state index in [1.165, 1.54) is 0 Å². The van der Waals surface area contributed by atoms with Gasteiger partial charge in [-0.1, -0.05) is 41.4 Å². The number of hydrogen-bond donors (Lipinski definition) is 2. The molecule has 0 saturated carbocycles. The Bertz CT molecular complexity index is 1130. The van der Waals surface area contributed by atoms with Crippen molar-refractivity contribution < 1.29 is 0 Å². The van der Waals surface area contributed by atoms with Crippen molar-refractivity contribution in [2.24, 2.45) is 0 Å². The van der Waals surface area contributed by atoms with Gasteiger partial charge in [0.1, 0.15) is 5.82 Å². The van der Waals surface area contributed by atoms with E-state index >= 15 is 0 Å². The Morgan fingerprint density at radius 3 is 2.56 bits per heavy atom. The lowest BCUT2D eigenvalue weighted by atomic mass is 10.2. The SMILES string of the molecule is Cc1cc(Nc2cccc3cccnc23)nc(Nc2ccc(Cl)cc2Cl)n1. The fourth-order valence-corrected chi connectivity index (χ4v) is 3.20. The lowest BCUT2D eigenvalue weighted by Crippen LogP contribution is -2.03. The maximum Gasteiger partial charge on any atom is 0.229 e. The summed E-state index contributed by atoms with van der Waals surface area (Å²) < 4.78 is 0. The number of aromatic nitrogens is 3. The van der Waals surface area contributed by atoms with Crippen LogP contribution in [0, 0.1) is 6.92 Å². The highest BCUT2D eigenvalue weighted by Crippen LogP contribution is 2.28. The lowest BCUT2D eigenvalue weighted by molar-refractivity contribution is 1.11. The van der Waals surface area contributed by atoms with Gasteiger partial charge in [0.25, 0.3) is 0 Å². The summed E-state index contributed by atoms with van der Waals surface area (Å²) >= 11 is 12.2. The molecule has 27 heavy (non-hydrogen) atoms. The molecule has 0 bridgehead atoms. The minimum atomic E-state index is 0.440. The van der Waals surface area contributed by atoms with Crippen molar-refractivity contribution in [1.29, 1.82) is 0 Å². The summed E-state index contributed by atoms with van der Waals surface area (Å²) in [5, 5.41) is 8.59. The number of anilines is 4. The van der Waals surface area contributed by atoms with E-state index in [0.717, 1.165) is 22.3 Å². The number of nitrogens with one attached hydrogen (secondary N) is 2. The Balaban J connectivity index is 1.66. The average Bonchev–Trinajstić information content (AvgIpc) is 2.64. The van der Waals surface area contributed by atoms with E-state index in [1.54, 1.807) is 24.4 Å². The number of nitrogens with zero attached hydrogens (tertiary/aromatic N) is 3. The summed E-state index contributed by atoms with van der Waals surface area (Å²) in [6.07, 6.45) is 1.77. The van der Waals surface area contributed by atoms with Crippen LogP contribution in [0.5, 0.6) is 0 Å². The zero-order valence-electron chi connectivity index (χ0n) is 14.4. The second-order valence-corrected chi connectivity index (χ2v) is 6.82. The van der Waals surface area contributed by atoms with Gasteiger partial charge < -0.3 is 10.6 Å².